The third-order valence-corrected chi connectivity index (χ3v) is 6.16. The van der Waals surface area contributed by atoms with Crippen LogP contribution in [0.15, 0.2) is 82.6 Å². The van der Waals surface area contributed by atoms with E-state index in [1.807, 2.05) is 19.1 Å². The van der Waals surface area contributed by atoms with Crippen molar-refractivity contribution in [2.45, 2.75) is 35.4 Å². The number of alkyl halides is 3. The van der Waals surface area contributed by atoms with Gasteiger partial charge in [-0.15, -0.1) is 0 Å². The Morgan fingerprint density at radius 2 is 1.60 bits per heavy atom. The van der Waals surface area contributed by atoms with Gasteiger partial charge in [-0.05, 0) is 55.0 Å². The Bertz CT molecular complexity index is 1000. The zero-order valence-corrected chi connectivity index (χ0v) is 17.4. The molecule has 7 heteroatoms. The van der Waals surface area contributed by atoms with Crippen LogP contribution < -0.4 is 10.1 Å². The number of rotatable bonds is 7. The molecule has 0 fully saturated rings. The number of methoxy groups -OCH3 is 1. The standard InChI is InChI=1S/C23H22F3NO2S/c1-16-7-13-20(14-8-16)30(28)21-6-4-3-5-17(21)15-22(23(24,25)26)27-18-9-11-19(29-2)12-10-18/h3-14,22,27H,15H2,1-2H3/t22-,30?/m0/s1. The summed E-state index contributed by atoms with van der Waals surface area (Å²) in [6, 6.07) is 18.1. The van der Waals surface area contributed by atoms with Crippen LogP contribution in [0.25, 0.3) is 0 Å². The molecule has 0 saturated carbocycles. The first kappa shape index (κ1) is 21.9. The lowest BCUT2D eigenvalue weighted by atomic mass is 10.0. The summed E-state index contributed by atoms with van der Waals surface area (Å²) in [5.74, 6) is 0.558. The average Bonchev–Trinajstić information content (AvgIpc) is 2.73. The van der Waals surface area contributed by atoms with Crippen molar-refractivity contribution >= 4 is 16.5 Å². The van der Waals surface area contributed by atoms with E-state index in [0.29, 0.717) is 26.8 Å². The number of anilines is 1. The number of halogens is 3. The monoisotopic (exact) mass is 433 g/mol. The van der Waals surface area contributed by atoms with Gasteiger partial charge in [0.05, 0.1) is 17.9 Å². The van der Waals surface area contributed by atoms with Crippen molar-refractivity contribution in [2.75, 3.05) is 12.4 Å². The van der Waals surface area contributed by atoms with Crippen molar-refractivity contribution < 1.29 is 22.1 Å². The number of hydrogen-bond donors (Lipinski definition) is 1. The molecule has 0 radical (unpaired) electrons. The van der Waals surface area contributed by atoms with Crippen LogP contribution in [0.2, 0.25) is 0 Å². The Kier molecular flexibility index (Phi) is 6.82. The number of hydrogen-bond acceptors (Lipinski definition) is 3. The topological polar surface area (TPSA) is 38.3 Å². The predicted octanol–water partition coefficient (Wildman–Crippen LogP) is 5.76. The number of ether oxygens (including phenoxy) is 1. The van der Waals surface area contributed by atoms with Gasteiger partial charge in [0, 0.05) is 21.9 Å². The Morgan fingerprint density at radius 3 is 2.20 bits per heavy atom. The molecule has 0 spiro atoms. The van der Waals surface area contributed by atoms with Crippen LogP contribution in [0.3, 0.4) is 0 Å². The molecule has 1 N–H and O–H groups in total. The lowest BCUT2D eigenvalue weighted by Gasteiger charge is -2.24. The summed E-state index contributed by atoms with van der Waals surface area (Å²) in [4.78, 5) is 0.937. The van der Waals surface area contributed by atoms with Crippen LogP contribution in [0.4, 0.5) is 18.9 Å². The molecule has 3 aromatic carbocycles. The molecule has 3 rings (SSSR count). The molecule has 0 aliphatic rings. The zero-order chi connectivity index (χ0) is 21.7. The maximum atomic E-state index is 13.8. The summed E-state index contributed by atoms with van der Waals surface area (Å²) in [6.45, 7) is 1.92. The highest BCUT2D eigenvalue weighted by molar-refractivity contribution is 7.85. The maximum Gasteiger partial charge on any atom is 0.408 e. The van der Waals surface area contributed by atoms with Gasteiger partial charge in [-0.25, -0.2) is 4.21 Å². The first-order valence-corrected chi connectivity index (χ1v) is 10.5. The molecule has 0 amide bonds. The summed E-state index contributed by atoms with van der Waals surface area (Å²) < 4.78 is 59.4. The highest BCUT2D eigenvalue weighted by Crippen LogP contribution is 2.30. The largest absolute Gasteiger partial charge is 0.497 e. The van der Waals surface area contributed by atoms with Crippen LogP contribution in [0, 0.1) is 6.92 Å². The molecular weight excluding hydrogens is 411 g/mol. The van der Waals surface area contributed by atoms with Gasteiger partial charge in [0.2, 0.25) is 0 Å². The van der Waals surface area contributed by atoms with E-state index in [9.17, 15) is 17.4 Å². The van der Waals surface area contributed by atoms with Gasteiger partial charge in [-0.1, -0.05) is 35.9 Å². The molecule has 0 aliphatic carbocycles. The summed E-state index contributed by atoms with van der Waals surface area (Å²) in [6.07, 6.45) is -4.83. The van der Waals surface area contributed by atoms with Crippen LogP contribution in [0.5, 0.6) is 5.75 Å². The first-order valence-electron chi connectivity index (χ1n) is 9.31. The predicted molar refractivity (Wildman–Crippen MR) is 112 cm³/mol. The van der Waals surface area contributed by atoms with Crippen molar-refractivity contribution in [1.29, 1.82) is 0 Å². The fourth-order valence-corrected chi connectivity index (χ4v) is 4.23. The van der Waals surface area contributed by atoms with Gasteiger partial charge in [0.1, 0.15) is 11.8 Å². The minimum atomic E-state index is -4.49. The van der Waals surface area contributed by atoms with Crippen LogP contribution in [0.1, 0.15) is 11.1 Å². The molecule has 158 valence electrons. The van der Waals surface area contributed by atoms with Crippen molar-refractivity contribution in [3.63, 3.8) is 0 Å². The van der Waals surface area contributed by atoms with Crippen LogP contribution in [-0.4, -0.2) is 23.5 Å². The third kappa shape index (κ3) is 5.42. The quantitative estimate of drug-likeness (QED) is 0.515. The Morgan fingerprint density at radius 1 is 0.967 bits per heavy atom. The molecule has 0 heterocycles. The molecule has 0 saturated heterocycles. The highest BCUT2D eigenvalue weighted by atomic mass is 32.2. The van der Waals surface area contributed by atoms with Gasteiger partial charge in [-0.2, -0.15) is 13.2 Å². The van der Waals surface area contributed by atoms with Gasteiger partial charge < -0.3 is 10.1 Å². The Labute approximate surface area is 176 Å². The average molecular weight is 433 g/mol. The van der Waals surface area contributed by atoms with E-state index in [0.717, 1.165) is 5.56 Å². The molecule has 30 heavy (non-hydrogen) atoms. The lowest BCUT2D eigenvalue weighted by molar-refractivity contribution is -0.142. The van der Waals surface area contributed by atoms with Crippen molar-refractivity contribution in [3.8, 4) is 5.75 Å². The second kappa shape index (κ2) is 9.34. The van der Waals surface area contributed by atoms with E-state index in [-0.39, 0.29) is 6.42 Å². The Balaban J connectivity index is 1.87. The van der Waals surface area contributed by atoms with Gasteiger partial charge >= 0.3 is 6.18 Å². The van der Waals surface area contributed by atoms with E-state index in [4.69, 9.17) is 4.74 Å². The van der Waals surface area contributed by atoms with Gasteiger partial charge in [-0.3, -0.25) is 0 Å². The van der Waals surface area contributed by atoms with Crippen LogP contribution in [-0.2, 0) is 17.2 Å². The summed E-state index contributed by atoms with van der Waals surface area (Å²) in [5, 5.41) is 2.55. The molecule has 3 nitrogen and oxygen atoms in total. The number of benzene rings is 3. The van der Waals surface area contributed by atoms with Crippen LogP contribution >= 0.6 is 0 Å². The molecule has 0 aliphatic heterocycles. The van der Waals surface area contributed by atoms with Crippen molar-refractivity contribution in [1.82, 2.24) is 0 Å². The van der Waals surface area contributed by atoms with E-state index < -0.39 is 23.0 Å². The minimum absolute atomic E-state index is 0.329. The summed E-state index contributed by atoms with van der Waals surface area (Å²) in [7, 11) is -0.0802. The second-order valence-corrected chi connectivity index (χ2v) is 8.31. The summed E-state index contributed by atoms with van der Waals surface area (Å²) >= 11 is 0. The van der Waals surface area contributed by atoms with E-state index >= 15 is 0 Å². The molecule has 0 bridgehead atoms. The molecule has 3 aromatic rings. The molecule has 2 atom stereocenters. The number of nitrogens with one attached hydrogen (secondary N) is 1. The molecular formula is C23H22F3NO2S. The van der Waals surface area contributed by atoms with Gasteiger partial charge in [0.25, 0.3) is 0 Å². The smallest absolute Gasteiger partial charge is 0.408 e. The van der Waals surface area contributed by atoms with Crippen molar-refractivity contribution in [2.24, 2.45) is 0 Å². The third-order valence-electron chi connectivity index (χ3n) is 4.66. The lowest BCUT2D eigenvalue weighted by Crippen LogP contribution is -2.38. The zero-order valence-electron chi connectivity index (χ0n) is 16.6. The molecule has 0 aromatic heterocycles. The SMILES string of the molecule is COc1ccc(N[C@@H](Cc2ccccc2S(=O)c2ccc(C)cc2)C(F)(F)F)cc1. The Hall–Kier alpha value is -2.80. The first-order chi connectivity index (χ1) is 14.3. The fourth-order valence-electron chi connectivity index (χ4n) is 3.00. The highest BCUT2D eigenvalue weighted by Gasteiger charge is 2.40. The van der Waals surface area contributed by atoms with E-state index in [1.54, 1.807) is 48.5 Å². The fraction of sp³-hybridized carbons (Fsp3) is 0.217. The van der Waals surface area contributed by atoms with E-state index in [1.165, 1.54) is 19.2 Å². The summed E-state index contributed by atoms with van der Waals surface area (Å²) in [5.41, 5.74) is 1.74. The minimum Gasteiger partial charge on any atom is -0.497 e. The van der Waals surface area contributed by atoms with Gasteiger partial charge in [0.15, 0.2) is 0 Å². The normalized spacial score (nSPS) is 13.5. The second-order valence-electron chi connectivity index (χ2n) is 6.86. The molecule has 1 unspecified atom stereocenters. The number of aryl methyl sites for hydroxylation is 1. The van der Waals surface area contributed by atoms with E-state index in [2.05, 4.69) is 5.32 Å². The maximum absolute atomic E-state index is 13.8. The van der Waals surface area contributed by atoms with Crippen molar-refractivity contribution in [3.05, 3.63) is 83.9 Å².